The Morgan fingerprint density at radius 3 is 2.60 bits per heavy atom. The minimum Gasteiger partial charge on any atom is -0.389 e. The van der Waals surface area contributed by atoms with Crippen LogP contribution in [0.3, 0.4) is 0 Å². The van der Waals surface area contributed by atoms with Gasteiger partial charge in [0.25, 0.3) is 0 Å². The fourth-order valence-electron chi connectivity index (χ4n) is 0.929. The summed E-state index contributed by atoms with van der Waals surface area (Å²) in [5.41, 5.74) is 0. The molecule has 0 spiro atoms. The average Bonchev–Trinajstić information content (AvgIpc) is 1.98. The Morgan fingerprint density at radius 2 is 2.20 bits per heavy atom. The molecule has 1 N–H and O–H groups in total. The number of hydrogen-bond acceptors (Lipinski definition) is 1. The van der Waals surface area contributed by atoms with Crippen molar-refractivity contribution in [3.05, 3.63) is 12.7 Å². The molecular weight excluding hydrogens is 124 g/mol. The molecule has 1 heteroatoms. The van der Waals surface area contributed by atoms with Crippen molar-refractivity contribution in [3.63, 3.8) is 0 Å². The minimum absolute atomic E-state index is 0.313. The van der Waals surface area contributed by atoms with Gasteiger partial charge in [-0.15, -0.1) is 6.58 Å². The highest BCUT2D eigenvalue weighted by Crippen LogP contribution is 2.12. The molecule has 0 aliphatic heterocycles. The lowest BCUT2D eigenvalue weighted by Gasteiger charge is -2.13. The SMILES string of the molecule is C=C[C@H](O)[C@@H](C)CCCC. The first-order valence-electron chi connectivity index (χ1n) is 4.03. The van der Waals surface area contributed by atoms with E-state index in [2.05, 4.69) is 20.4 Å². The second-order valence-corrected chi connectivity index (χ2v) is 2.85. The van der Waals surface area contributed by atoms with Crippen LogP contribution in [-0.2, 0) is 0 Å². The quantitative estimate of drug-likeness (QED) is 0.584. The summed E-state index contributed by atoms with van der Waals surface area (Å²) in [7, 11) is 0. The van der Waals surface area contributed by atoms with E-state index in [0.29, 0.717) is 5.92 Å². The molecule has 0 saturated heterocycles. The maximum Gasteiger partial charge on any atom is 0.0743 e. The summed E-state index contributed by atoms with van der Waals surface area (Å²) in [4.78, 5) is 0. The molecule has 0 aliphatic carbocycles. The van der Waals surface area contributed by atoms with Gasteiger partial charge in [-0.05, 0) is 12.3 Å². The molecule has 0 amide bonds. The Morgan fingerprint density at radius 1 is 1.60 bits per heavy atom. The van der Waals surface area contributed by atoms with Gasteiger partial charge in [0.05, 0.1) is 6.10 Å². The lowest BCUT2D eigenvalue weighted by Crippen LogP contribution is -2.13. The van der Waals surface area contributed by atoms with Crippen LogP contribution in [0.25, 0.3) is 0 Å². The van der Waals surface area contributed by atoms with Crippen LogP contribution in [0.5, 0.6) is 0 Å². The molecule has 0 aromatic rings. The van der Waals surface area contributed by atoms with Crippen molar-refractivity contribution >= 4 is 0 Å². The Bertz CT molecular complexity index is 88.7. The number of unbranched alkanes of at least 4 members (excludes halogenated alkanes) is 1. The van der Waals surface area contributed by atoms with Crippen molar-refractivity contribution in [2.24, 2.45) is 5.92 Å². The third-order valence-corrected chi connectivity index (χ3v) is 1.84. The normalized spacial score (nSPS) is 16.3. The summed E-state index contributed by atoms with van der Waals surface area (Å²) >= 11 is 0. The van der Waals surface area contributed by atoms with Gasteiger partial charge in [0.15, 0.2) is 0 Å². The van der Waals surface area contributed by atoms with E-state index in [1.807, 2.05) is 0 Å². The van der Waals surface area contributed by atoms with E-state index < -0.39 is 0 Å². The summed E-state index contributed by atoms with van der Waals surface area (Å²) in [6, 6.07) is 0. The van der Waals surface area contributed by atoms with Crippen LogP contribution in [0.15, 0.2) is 12.7 Å². The van der Waals surface area contributed by atoms with E-state index in [0.717, 1.165) is 6.42 Å². The fourth-order valence-corrected chi connectivity index (χ4v) is 0.929. The highest BCUT2D eigenvalue weighted by molar-refractivity contribution is 4.81. The highest BCUT2D eigenvalue weighted by Gasteiger charge is 2.08. The van der Waals surface area contributed by atoms with Gasteiger partial charge in [0.2, 0.25) is 0 Å². The Balaban J connectivity index is 3.40. The standard InChI is InChI=1S/C9H18O/c1-4-6-7-8(3)9(10)5-2/h5,8-10H,2,4,6-7H2,1,3H3/t8-,9-/m0/s1. The third kappa shape index (κ3) is 3.67. The Kier molecular flexibility index (Phi) is 5.32. The fraction of sp³-hybridized carbons (Fsp3) is 0.778. The van der Waals surface area contributed by atoms with Crippen molar-refractivity contribution in [2.75, 3.05) is 0 Å². The molecule has 0 unspecified atom stereocenters. The molecule has 0 aromatic carbocycles. The molecule has 0 radical (unpaired) electrons. The van der Waals surface area contributed by atoms with Gasteiger partial charge in [0, 0.05) is 0 Å². The first-order valence-corrected chi connectivity index (χ1v) is 4.03. The van der Waals surface area contributed by atoms with Crippen LogP contribution in [-0.4, -0.2) is 11.2 Å². The predicted molar refractivity (Wildman–Crippen MR) is 44.9 cm³/mol. The van der Waals surface area contributed by atoms with Crippen molar-refractivity contribution in [3.8, 4) is 0 Å². The van der Waals surface area contributed by atoms with E-state index in [1.54, 1.807) is 6.08 Å². The summed E-state index contributed by atoms with van der Waals surface area (Å²) < 4.78 is 0. The van der Waals surface area contributed by atoms with Gasteiger partial charge in [-0.2, -0.15) is 0 Å². The van der Waals surface area contributed by atoms with Crippen LogP contribution in [0, 0.1) is 5.92 Å². The molecule has 1 nitrogen and oxygen atoms in total. The number of aliphatic hydroxyl groups excluding tert-OH is 1. The second-order valence-electron chi connectivity index (χ2n) is 2.85. The second kappa shape index (κ2) is 5.48. The smallest absolute Gasteiger partial charge is 0.0743 e. The number of hydrogen-bond donors (Lipinski definition) is 1. The Labute approximate surface area is 63.8 Å². The van der Waals surface area contributed by atoms with E-state index in [4.69, 9.17) is 0 Å². The summed E-state index contributed by atoms with van der Waals surface area (Å²) in [6.45, 7) is 7.76. The number of rotatable bonds is 5. The van der Waals surface area contributed by atoms with Crippen LogP contribution in [0.4, 0.5) is 0 Å². The van der Waals surface area contributed by atoms with Crippen LogP contribution in [0.2, 0.25) is 0 Å². The summed E-state index contributed by atoms with van der Waals surface area (Å²) in [6.07, 6.45) is 4.80. The van der Waals surface area contributed by atoms with Crippen molar-refractivity contribution in [2.45, 2.75) is 39.2 Å². The van der Waals surface area contributed by atoms with Crippen LogP contribution >= 0.6 is 0 Å². The van der Waals surface area contributed by atoms with Gasteiger partial charge >= 0.3 is 0 Å². The number of aliphatic hydroxyl groups is 1. The Hall–Kier alpha value is -0.300. The molecule has 60 valence electrons. The van der Waals surface area contributed by atoms with Gasteiger partial charge < -0.3 is 5.11 Å². The zero-order valence-electron chi connectivity index (χ0n) is 7.01. The summed E-state index contributed by atoms with van der Waals surface area (Å²) in [5, 5.41) is 9.24. The van der Waals surface area contributed by atoms with E-state index in [1.165, 1.54) is 12.8 Å². The van der Waals surface area contributed by atoms with Gasteiger partial charge in [-0.25, -0.2) is 0 Å². The first-order chi connectivity index (χ1) is 4.72. The average molecular weight is 142 g/mol. The lowest BCUT2D eigenvalue weighted by molar-refractivity contribution is 0.155. The van der Waals surface area contributed by atoms with Gasteiger partial charge in [0.1, 0.15) is 0 Å². The lowest BCUT2D eigenvalue weighted by atomic mass is 9.98. The highest BCUT2D eigenvalue weighted by atomic mass is 16.3. The maximum atomic E-state index is 9.24. The van der Waals surface area contributed by atoms with Gasteiger partial charge in [-0.3, -0.25) is 0 Å². The zero-order chi connectivity index (χ0) is 7.98. The molecule has 0 fully saturated rings. The van der Waals surface area contributed by atoms with Gasteiger partial charge in [-0.1, -0.05) is 32.8 Å². The monoisotopic (exact) mass is 142 g/mol. The molecule has 0 aliphatic rings. The zero-order valence-corrected chi connectivity index (χ0v) is 7.01. The third-order valence-electron chi connectivity index (χ3n) is 1.84. The molecule has 10 heavy (non-hydrogen) atoms. The molecule has 0 aromatic heterocycles. The molecular formula is C9H18O. The van der Waals surface area contributed by atoms with Crippen molar-refractivity contribution in [1.82, 2.24) is 0 Å². The van der Waals surface area contributed by atoms with Crippen molar-refractivity contribution in [1.29, 1.82) is 0 Å². The van der Waals surface area contributed by atoms with E-state index in [9.17, 15) is 5.11 Å². The maximum absolute atomic E-state index is 9.24. The van der Waals surface area contributed by atoms with Crippen LogP contribution < -0.4 is 0 Å². The van der Waals surface area contributed by atoms with E-state index >= 15 is 0 Å². The largest absolute Gasteiger partial charge is 0.389 e. The topological polar surface area (TPSA) is 20.2 Å². The molecule has 0 saturated carbocycles. The summed E-state index contributed by atoms with van der Waals surface area (Å²) in [5.74, 6) is 0.373. The predicted octanol–water partition coefficient (Wildman–Crippen LogP) is 2.36. The molecule has 2 atom stereocenters. The minimum atomic E-state index is -0.313. The van der Waals surface area contributed by atoms with Crippen LogP contribution in [0.1, 0.15) is 33.1 Å². The van der Waals surface area contributed by atoms with Crippen molar-refractivity contribution < 1.29 is 5.11 Å². The molecule has 0 heterocycles. The molecule has 0 rings (SSSR count). The first kappa shape index (κ1) is 9.70. The molecule has 0 bridgehead atoms. The van der Waals surface area contributed by atoms with E-state index in [-0.39, 0.29) is 6.10 Å².